The summed E-state index contributed by atoms with van der Waals surface area (Å²) in [7, 11) is 0. The molecule has 1 atom stereocenters. The normalized spacial score (nSPS) is 13.3. The van der Waals surface area contributed by atoms with Gasteiger partial charge in [0.15, 0.2) is 11.6 Å². The molecule has 0 aliphatic heterocycles. The minimum atomic E-state index is -0.868. The van der Waals surface area contributed by atoms with Crippen LogP contribution in [0.3, 0.4) is 0 Å². The third-order valence-corrected chi connectivity index (χ3v) is 2.27. The lowest BCUT2D eigenvalue weighted by Crippen LogP contribution is -2.10. The summed E-state index contributed by atoms with van der Waals surface area (Å²) in [6, 6.07) is 4.00. The zero-order chi connectivity index (χ0) is 11.0. The van der Waals surface area contributed by atoms with Gasteiger partial charge < -0.3 is 9.67 Å². The Morgan fingerprint density at radius 3 is 2.67 bits per heavy atom. The van der Waals surface area contributed by atoms with E-state index in [1.165, 1.54) is 0 Å². The van der Waals surface area contributed by atoms with Gasteiger partial charge in [-0.25, -0.2) is 8.78 Å². The molecule has 0 unspecified atom stereocenters. The van der Waals surface area contributed by atoms with Crippen molar-refractivity contribution in [3.8, 4) is 0 Å². The molecule has 0 bridgehead atoms. The van der Waals surface area contributed by atoms with Gasteiger partial charge in [-0.3, -0.25) is 0 Å². The van der Waals surface area contributed by atoms with Crippen LogP contribution in [-0.4, -0.2) is 15.8 Å². The van der Waals surface area contributed by atoms with Crippen molar-refractivity contribution in [1.82, 2.24) is 4.57 Å². The summed E-state index contributed by atoms with van der Waals surface area (Å²) in [5.41, 5.74) is 0.592. The summed E-state index contributed by atoms with van der Waals surface area (Å²) in [4.78, 5) is 0. The van der Waals surface area contributed by atoms with Gasteiger partial charge in [0.2, 0.25) is 0 Å². The van der Waals surface area contributed by atoms with Gasteiger partial charge in [0.05, 0.1) is 11.6 Å². The van der Waals surface area contributed by atoms with Crippen molar-refractivity contribution < 1.29 is 13.9 Å². The molecule has 0 fully saturated rings. The molecule has 0 saturated heterocycles. The molecule has 1 aromatic carbocycles. The first-order chi connectivity index (χ1) is 7.08. The number of aliphatic hydroxyl groups is 1. The van der Waals surface area contributed by atoms with E-state index >= 15 is 0 Å². The summed E-state index contributed by atoms with van der Waals surface area (Å²) in [5, 5.41) is 9.85. The fourth-order valence-electron chi connectivity index (χ4n) is 1.63. The molecule has 1 aromatic heterocycles. The average Bonchev–Trinajstić information content (AvgIpc) is 2.49. The van der Waals surface area contributed by atoms with Crippen molar-refractivity contribution in [3.05, 3.63) is 36.0 Å². The van der Waals surface area contributed by atoms with Crippen LogP contribution < -0.4 is 0 Å². The van der Waals surface area contributed by atoms with Gasteiger partial charge in [-0.1, -0.05) is 0 Å². The fourth-order valence-corrected chi connectivity index (χ4v) is 1.63. The maximum absolute atomic E-state index is 13.0. The van der Waals surface area contributed by atoms with E-state index in [9.17, 15) is 13.9 Å². The van der Waals surface area contributed by atoms with Gasteiger partial charge in [0, 0.05) is 24.2 Å². The Morgan fingerprint density at radius 1 is 1.33 bits per heavy atom. The van der Waals surface area contributed by atoms with Crippen LogP contribution in [0.4, 0.5) is 8.78 Å². The fraction of sp³-hybridized carbons (Fsp3) is 0.273. The monoisotopic (exact) mass is 211 g/mol. The van der Waals surface area contributed by atoms with Crippen LogP contribution in [0, 0.1) is 11.6 Å². The van der Waals surface area contributed by atoms with Gasteiger partial charge in [-0.2, -0.15) is 0 Å². The third-order valence-electron chi connectivity index (χ3n) is 2.27. The van der Waals surface area contributed by atoms with Crippen LogP contribution in [0.2, 0.25) is 0 Å². The Hall–Kier alpha value is -1.42. The second-order valence-electron chi connectivity index (χ2n) is 3.64. The second-order valence-corrected chi connectivity index (χ2v) is 3.64. The molecule has 2 rings (SSSR count). The third kappa shape index (κ3) is 1.85. The summed E-state index contributed by atoms with van der Waals surface area (Å²) in [6.07, 6.45) is 1.18. The van der Waals surface area contributed by atoms with Crippen molar-refractivity contribution in [2.45, 2.75) is 19.6 Å². The van der Waals surface area contributed by atoms with Crippen molar-refractivity contribution >= 4 is 10.9 Å². The molecule has 0 aliphatic rings. The highest BCUT2D eigenvalue weighted by atomic mass is 19.2. The molecule has 4 heteroatoms. The molecule has 0 amide bonds. The van der Waals surface area contributed by atoms with E-state index in [0.717, 1.165) is 12.1 Å². The lowest BCUT2D eigenvalue weighted by Gasteiger charge is -2.07. The van der Waals surface area contributed by atoms with E-state index in [2.05, 4.69) is 0 Å². The highest BCUT2D eigenvalue weighted by Gasteiger charge is 2.08. The number of rotatable bonds is 2. The number of halogens is 2. The van der Waals surface area contributed by atoms with Gasteiger partial charge >= 0.3 is 0 Å². The van der Waals surface area contributed by atoms with Crippen LogP contribution in [0.25, 0.3) is 10.9 Å². The second kappa shape index (κ2) is 3.62. The first-order valence-corrected chi connectivity index (χ1v) is 4.70. The molecule has 1 heterocycles. The lowest BCUT2D eigenvalue weighted by atomic mass is 10.2. The standard InChI is InChI=1S/C11H11F2NO/c1-7(15)6-14-3-2-8-4-9(12)10(13)5-11(8)14/h2-5,7,15H,6H2,1H3/t7-/m0/s1. The van der Waals surface area contributed by atoms with E-state index < -0.39 is 17.7 Å². The average molecular weight is 211 g/mol. The highest BCUT2D eigenvalue weighted by Crippen LogP contribution is 2.19. The molecule has 2 aromatic rings. The first kappa shape index (κ1) is 10.1. The molecule has 1 N–H and O–H groups in total. The molecule has 0 radical (unpaired) electrons. The van der Waals surface area contributed by atoms with E-state index in [4.69, 9.17) is 0 Å². The van der Waals surface area contributed by atoms with Crippen LogP contribution in [0.1, 0.15) is 6.92 Å². The van der Waals surface area contributed by atoms with Gasteiger partial charge in [-0.05, 0) is 19.1 Å². The summed E-state index contributed by atoms with van der Waals surface area (Å²) >= 11 is 0. The number of hydrogen-bond acceptors (Lipinski definition) is 1. The van der Waals surface area contributed by atoms with Crippen LogP contribution >= 0.6 is 0 Å². The zero-order valence-electron chi connectivity index (χ0n) is 8.24. The van der Waals surface area contributed by atoms with E-state index in [1.807, 2.05) is 0 Å². The predicted molar refractivity (Wildman–Crippen MR) is 53.5 cm³/mol. The minimum Gasteiger partial charge on any atom is -0.392 e. The minimum absolute atomic E-state index is 0.370. The molecule has 80 valence electrons. The molecular formula is C11H11F2NO. The smallest absolute Gasteiger partial charge is 0.160 e. The van der Waals surface area contributed by atoms with E-state index in [0.29, 0.717) is 17.4 Å². The number of fused-ring (bicyclic) bond motifs is 1. The quantitative estimate of drug-likeness (QED) is 0.810. The maximum atomic E-state index is 13.0. The lowest BCUT2D eigenvalue weighted by molar-refractivity contribution is 0.175. The Bertz CT molecular complexity index is 491. The molecule has 0 spiro atoms. The molecule has 0 aliphatic carbocycles. The van der Waals surface area contributed by atoms with Crippen molar-refractivity contribution in [1.29, 1.82) is 0 Å². The largest absolute Gasteiger partial charge is 0.392 e. The Morgan fingerprint density at radius 2 is 2.00 bits per heavy atom. The SMILES string of the molecule is C[C@H](O)Cn1ccc2cc(F)c(F)cc21. The molecule has 2 nitrogen and oxygen atoms in total. The van der Waals surface area contributed by atoms with Crippen molar-refractivity contribution in [2.75, 3.05) is 0 Å². The Kier molecular flexibility index (Phi) is 2.44. The molecule has 15 heavy (non-hydrogen) atoms. The number of hydrogen-bond donors (Lipinski definition) is 1. The number of benzene rings is 1. The summed E-state index contributed by atoms with van der Waals surface area (Å²) in [6.45, 7) is 2.01. The van der Waals surface area contributed by atoms with Crippen molar-refractivity contribution in [2.24, 2.45) is 0 Å². The Balaban J connectivity index is 2.54. The highest BCUT2D eigenvalue weighted by molar-refractivity contribution is 5.80. The molecular weight excluding hydrogens is 200 g/mol. The zero-order valence-corrected chi connectivity index (χ0v) is 8.24. The maximum Gasteiger partial charge on any atom is 0.160 e. The Labute approximate surface area is 85.8 Å². The van der Waals surface area contributed by atoms with Gasteiger partial charge in [0.1, 0.15) is 0 Å². The molecule has 0 saturated carbocycles. The number of nitrogens with zero attached hydrogens (tertiary/aromatic N) is 1. The van der Waals surface area contributed by atoms with Crippen LogP contribution in [0.15, 0.2) is 24.4 Å². The van der Waals surface area contributed by atoms with E-state index in [1.54, 1.807) is 23.8 Å². The van der Waals surface area contributed by atoms with Crippen LogP contribution in [-0.2, 0) is 6.54 Å². The first-order valence-electron chi connectivity index (χ1n) is 4.70. The van der Waals surface area contributed by atoms with Gasteiger partial charge in [-0.15, -0.1) is 0 Å². The van der Waals surface area contributed by atoms with Gasteiger partial charge in [0.25, 0.3) is 0 Å². The summed E-state index contributed by atoms with van der Waals surface area (Å²) in [5.74, 6) is -1.72. The van der Waals surface area contributed by atoms with E-state index in [-0.39, 0.29) is 0 Å². The number of aromatic nitrogens is 1. The predicted octanol–water partition coefficient (Wildman–Crippen LogP) is 2.30. The van der Waals surface area contributed by atoms with Crippen LogP contribution in [0.5, 0.6) is 0 Å². The number of aliphatic hydroxyl groups excluding tert-OH is 1. The topological polar surface area (TPSA) is 25.2 Å². The van der Waals surface area contributed by atoms with Crippen molar-refractivity contribution in [3.63, 3.8) is 0 Å². The summed E-state index contributed by atoms with van der Waals surface area (Å²) < 4.78 is 27.6.